The van der Waals surface area contributed by atoms with Gasteiger partial charge < -0.3 is 10.2 Å². The van der Waals surface area contributed by atoms with Gasteiger partial charge in [0.1, 0.15) is 0 Å². The minimum Gasteiger partial charge on any atom is -0.370 e. The van der Waals surface area contributed by atoms with Crippen LogP contribution in [-0.2, 0) is 0 Å². The fraction of sp³-hybridized carbons (Fsp3) is 0.500. The van der Waals surface area contributed by atoms with Crippen LogP contribution in [0.4, 0.5) is 5.69 Å². The standard InChI is InChI=1S/C12H15ClN2/c13-11-3-1-2-4-12(11)15-7-9-5-14-6-10(9)8-15/h1-4,9-10,14H,5-8H2. The monoisotopic (exact) mass is 222 g/mol. The summed E-state index contributed by atoms with van der Waals surface area (Å²) in [5, 5.41) is 4.33. The maximum atomic E-state index is 6.20. The van der Waals surface area contributed by atoms with Crippen molar-refractivity contribution in [3.63, 3.8) is 0 Å². The van der Waals surface area contributed by atoms with Crippen LogP contribution in [0, 0.1) is 11.8 Å². The van der Waals surface area contributed by atoms with Gasteiger partial charge in [-0.1, -0.05) is 23.7 Å². The minimum atomic E-state index is 0.821. The molecule has 2 heterocycles. The fourth-order valence-electron chi connectivity index (χ4n) is 2.76. The van der Waals surface area contributed by atoms with Gasteiger partial charge in [-0.2, -0.15) is 0 Å². The summed E-state index contributed by atoms with van der Waals surface area (Å²) in [6.07, 6.45) is 0. The van der Waals surface area contributed by atoms with Gasteiger partial charge in [-0.3, -0.25) is 0 Å². The van der Waals surface area contributed by atoms with Gasteiger partial charge in [0, 0.05) is 26.2 Å². The number of nitrogens with one attached hydrogen (secondary N) is 1. The predicted molar refractivity (Wildman–Crippen MR) is 63.5 cm³/mol. The molecule has 0 bridgehead atoms. The van der Waals surface area contributed by atoms with Crippen LogP contribution in [0.25, 0.3) is 0 Å². The molecule has 1 aromatic rings. The van der Waals surface area contributed by atoms with Crippen molar-refractivity contribution in [3.8, 4) is 0 Å². The molecular weight excluding hydrogens is 208 g/mol. The topological polar surface area (TPSA) is 15.3 Å². The Hall–Kier alpha value is -0.730. The summed E-state index contributed by atoms with van der Waals surface area (Å²) in [6, 6.07) is 8.15. The van der Waals surface area contributed by atoms with Crippen LogP contribution in [0.3, 0.4) is 0 Å². The van der Waals surface area contributed by atoms with Crippen molar-refractivity contribution in [3.05, 3.63) is 29.3 Å². The maximum absolute atomic E-state index is 6.20. The highest BCUT2D eigenvalue weighted by Crippen LogP contribution is 2.33. The van der Waals surface area contributed by atoms with Gasteiger partial charge in [0.15, 0.2) is 0 Å². The molecule has 2 fully saturated rings. The molecule has 0 radical (unpaired) electrons. The minimum absolute atomic E-state index is 0.821. The molecule has 2 aliphatic heterocycles. The zero-order valence-electron chi connectivity index (χ0n) is 8.62. The molecule has 2 nitrogen and oxygen atoms in total. The number of hydrogen-bond acceptors (Lipinski definition) is 2. The summed E-state index contributed by atoms with van der Waals surface area (Å²) in [6.45, 7) is 4.65. The van der Waals surface area contributed by atoms with E-state index in [1.54, 1.807) is 0 Å². The quantitative estimate of drug-likeness (QED) is 0.782. The lowest BCUT2D eigenvalue weighted by atomic mass is 10.0. The molecule has 1 N–H and O–H groups in total. The Kier molecular flexibility index (Phi) is 2.33. The van der Waals surface area contributed by atoms with Crippen molar-refractivity contribution in [1.29, 1.82) is 0 Å². The lowest BCUT2D eigenvalue weighted by molar-refractivity contribution is 0.533. The molecule has 0 saturated carbocycles. The third-order valence-corrected chi connectivity index (χ3v) is 3.90. The first-order valence-corrected chi connectivity index (χ1v) is 5.92. The summed E-state index contributed by atoms with van der Waals surface area (Å²) in [5.74, 6) is 1.64. The molecule has 2 unspecified atom stereocenters. The number of nitrogens with zero attached hydrogens (tertiary/aromatic N) is 1. The van der Waals surface area contributed by atoms with Crippen molar-refractivity contribution in [2.75, 3.05) is 31.1 Å². The molecule has 0 aromatic heterocycles. The second kappa shape index (κ2) is 3.69. The van der Waals surface area contributed by atoms with Crippen LogP contribution in [0.2, 0.25) is 5.02 Å². The number of rotatable bonds is 1. The van der Waals surface area contributed by atoms with E-state index in [0.717, 1.165) is 29.9 Å². The van der Waals surface area contributed by atoms with Crippen molar-refractivity contribution < 1.29 is 0 Å². The van der Waals surface area contributed by atoms with Crippen molar-refractivity contribution >= 4 is 17.3 Å². The number of anilines is 1. The zero-order valence-corrected chi connectivity index (χ0v) is 9.37. The fourth-order valence-corrected chi connectivity index (χ4v) is 3.02. The van der Waals surface area contributed by atoms with Gasteiger partial charge in [-0.25, -0.2) is 0 Å². The Balaban J connectivity index is 1.82. The van der Waals surface area contributed by atoms with Crippen molar-refractivity contribution in [1.82, 2.24) is 5.32 Å². The van der Waals surface area contributed by atoms with E-state index in [-0.39, 0.29) is 0 Å². The molecule has 2 aliphatic rings. The van der Waals surface area contributed by atoms with Gasteiger partial charge >= 0.3 is 0 Å². The predicted octanol–water partition coefficient (Wildman–Crippen LogP) is 2.00. The van der Waals surface area contributed by atoms with E-state index in [0.29, 0.717) is 0 Å². The molecule has 0 spiro atoms. The third-order valence-electron chi connectivity index (χ3n) is 3.58. The van der Waals surface area contributed by atoms with Crippen LogP contribution in [-0.4, -0.2) is 26.2 Å². The average molecular weight is 223 g/mol. The van der Waals surface area contributed by atoms with Crippen molar-refractivity contribution in [2.24, 2.45) is 11.8 Å². The van der Waals surface area contributed by atoms with Crippen LogP contribution < -0.4 is 10.2 Å². The number of para-hydroxylation sites is 1. The van der Waals surface area contributed by atoms with Gasteiger partial charge in [0.2, 0.25) is 0 Å². The van der Waals surface area contributed by atoms with Gasteiger partial charge in [0.05, 0.1) is 10.7 Å². The first-order valence-electron chi connectivity index (χ1n) is 5.55. The van der Waals surface area contributed by atoms with Gasteiger partial charge in [0.25, 0.3) is 0 Å². The molecule has 3 heteroatoms. The Morgan fingerprint density at radius 2 is 1.80 bits per heavy atom. The Labute approximate surface area is 95.2 Å². The lowest BCUT2D eigenvalue weighted by Gasteiger charge is -2.20. The van der Waals surface area contributed by atoms with E-state index in [2.05, 4.69) is 22.3 Å². The zero-order chi connectivity index (χ0) is 10.3. The largest absolute Gasteiger partial charge is 0.370 e. The van der Waals surface area contributed by atoms with Gasteiger partial charge in [-0.05, 0) is 24.0 Å². The molecule has 15 heavy (non-hydrogen) atoms. The Morgan fingerprint density at radius 3 is 2.47 bits per heavy atom. The summed E-state index contributed by atoms with van der Waals surface area (Å²) in [4.78, 5) is 2.43. The molecule has 2 atom stereocenters. The van der Waals surface area contributed by atoms with Crippen LogP contribution >= 0.6 is 11.6 Å². The van der Waals surface area contributed by atoms with E-state index >= 15 is 0 Å². The number of hydrogen-bond donors (Lipinski definition) is 1. The second-order valence-electron chi connectivity index (χ2n) is 4.53. The molecular formula is C12H15ClN2. The summed E-state index contributed by atoms with van der Waals surface area (Å²) in [5.41, 5.74) is 1.20. The maximum Gasteiger partial charge on any atom is 0.0639 e. The third kappa shape index (κ3) is 1.62. The van der Waals surface area contributed by atoms with E-state index in [4.69, 9.17) is 11.6 Å². The highest BCUT2D eigenvalue weighted by atomic mass is 35.5. The van der Waals surface area contributed by atoms with Crippen molar-refractivity contribution in [2.45, 2.75) is 0 Å². The van der Waals surface area contributed by atoms with E-state index < -0.39 is 0 Å². The molecule has 0 aliphatic carbocycles. The first-order chi connectivity index (χ1) is 7.34. The Bertz CT molecular complexity index is 354. The molecule has 1 aromatic carbocycles. The summed E-state index contributed by atoms with van der Waals surface area (Å²) >= 11 is 6.20. The lowest BCUT2D eigenvalue weighted by Crippen LogP contribution is -2.25. The van der Waals surface area contributed by atoms with Gasteiger partial charge in [-0.15, -0.1) is 0 Å². The number of benzene rings is 1. The Morgan fingerprint density at radius 1 is 1.13 bits per heavy atom. The molecule has 0 amide bonds. The van der Waals surface area contributed by atoms with Crippen LogP contribution in [0.1, 0.15) is 0 Å². The van der Waals surface area contributed by atoms with E-state index in [9.17, 15) is 0 Å². The average Bonchev–Trinajstić information content (AvgIpc) is 2.77. The molecule has 3 rings (SSSR count). The normalized spacial score (nSPS) is 29.5. The molecule has 2 saturated heterocycles. The number of fused-ring (bicyclic) bond motifs is 1. The second-order valence-corrected chi connectivity index (χ2v) is 4.94. The van der Waals surface area contributed by atoms with Crippen LogP contribution in [0.15, 0.2) is 24.3 Å². The summed E-state index contributed by atoms with van der Waals surface area (Å²) < 4.78 is 0. The first kappa shape index (κ1) is 9.49. The highest BCUT2D eigenvalue weighted by molar-refractivity contribution is 6.33. The smallest absolute Gasteiger partial charge is 0.0639 e. The van der Waals surface area contributed by atoms with E-state index in [1.165, 1.54) is 18.8 Å². The number of halogens is 1. The highest BCUT2D eigenvalue weighted by Gasteiger charge is 2.36. The SMILES string of the molecule is Clc1ccccc1N1CC2CNCC2C1. The molecule has 80 valence electrons. The summed E-state index contributed by atoms with van der Waals surface area (Å²) in [7, 11) is 0. The van der Waals surface area contributed by atoms with E-state index in [1.807, 2.05) is 12.1 Å². The van der Waals surface area contributed by atoms with Crippen LogP contribution in [0.5, 0.6) is 0 Å².